The van der Waals surface area contributed by atoms with Crippen LogP contribution in [0.25, 0.3) is 0 Å². The third kappa shape index (κ3) is 3.73. The van der Waals surface area contributed by atoms with Gasteiger partial charge in [-0.15, -0.1) is 0 Å². The minimum atomic E-state index is 0.207. The van der Waals surface area contributed by atoms with Crippen molar-refractivity contribution in [3.05, 3.63) is 0 Å². The van der Waals surface area contributed by atoms with E-state index in [1.165, 1.54) is 0 Å². The molecule has 0 rings (SSSR count). The number of hydrogen-bond acceptors (Lipinski definition) is 2. The van der Waals surface area contributed by atoms with Gasteiger partial charge in [0, 0.05) is 13.2 Å². The summed E-state index contributed by atoms with van der Waals surface area (Å²) in [5.41, 5.74) is 0.207. The maximum atomic E-state index is 8.96. The molecule has 2 heteroatoms. The molecule has 0 saturated heterocycles. The first kappa shape index (κ1) is 10.9. The molecule has 1 N–H and O–H groups in total. The quantitative estimate of drug-likeness (QED) is 0.666. The van der Waals surface area contributed by atoms with Gasteiger partial charge in [0.1, 0.15) is 0 Å². The second kappa shape index (κ2) is 4.07. The Balaban J connectivity index is 3.98. The molecule has 68 valence electrons. The van der Waals surface area contributed by atoms with E-state index in [0.717, 1.165) is 6.54 Å². The van der Waals surface area contributed by atoms with Crippen molar-refractivity contribution < 1.29 is 5.11 Å². The smallest absolute Gasteiger partial charge is 0.0462 e. The van der Waals surface area contributed by atoms with E-state index in [0.29, 0.717) is 5.92 Å². The summed E-state index contributed by atoms with van der Waals surface area (Å²) in [6.07, 6.45) is 0. The minimum absolute atomic E-state index is 0.207. The lowest BCUT2D eigenvalue weighted by molar-refractivity contribution is 0.102. The van der Waals surface area contributed by atoms with E-state index >= 15 is 0 Å². The number of aliphatic hydroxyl groups excluding tert-OH is 1. The number of hydrogen-bond donors (Lipinski definition) is 1. The fourth-order valence-electron chi connectivity index (χ4n) is 1.22. The number of rotatable bonds is 4. The van der Waals surface area contributed by atoms with Gasteiger partial charge >= 0.3 is 0 Å². The first-order valence-corrected chi connectivity index (χ1v) is 4.15. The highest BCUT2D eigenvalue weighted by Gasteiger charge is 2.25. The summed E-state index contributed by atoms with van der Waals surface area (Å²) >= 11 is 0. The summed E-state index contributed by atoms with van der Waals surface area (Å²) in [7, 11) is 4.12. The molecule has 0 fully saturated rings. The SMILES string of the molecule is CC(CO)C(C)(C)CN(C)C. The fraction of sp³-hybridized carbons (Fsp3) is 1.00. The summed E-state index contributed by atoms with van der Waals surface area (Å²) in [6, 6.07) is 0. The molecule has 0 bridgehead atoms. The first-order chi connectivity index (χ1) is 4.90. The van der Waals surface area contributed by atoms with E-state index in [-0.39, 0.29) is 12.0 Å². The van der Waals surface area contributed by atoms with Crippen molar-refractivity contribution in [2.45, 2.75) is 20.8 Å². The molecule has 0 aromatic heterocycles. The molecule has 0 saturated carbocycles. The molecular weight excluding hydrogens is 138 g/mol. The van der Waals surface area contributed by atoms with Gasteiger partial charge in [0.15, 0.2) is 0 Å². The molecule has 11 heavy (non-hydrogen) atoms. The predicted molar refractivity (Wildman–Crippen MR) is 48.6 cm³/mol. The average molecular weight is 159 g/mol. The van der Waals surface area contributed by atoms with Crippen LogP contribution in [0.5, 0.6) is 0 Å². The predicted octanol–water partition coefficient (Wildman–Crippen LogP) is 1.20. The lowest BCUT2D eigenvalue weighted by atomic mass is 9.80. The van der Waals surface area contributed by atoms with Crippen LogP contribution < -0.4 is 0 Å². The van der Waals surface area contributed by atoms with Crippen LogP contribution in [0.15, 0.2) is 0 Å². The van der Waals surface area contributed by atoms with Crippen LogP contribution in [0.3, 0.4) is 0 Å². The van der Waals surface area contributed by atoms with Gasteiger partial charge in [-0.25, -0.2) is 0 Å². The number of aliphatic hydroxyl groups is 1. The zero-order valence-electron chi connectivity index (χ0n) is 8.39. The topological polar surface area (TPSA) is 23.5 Å². The van der Waals surface area contributed by atoms with Gasteiger partial charge in [0.25, 0.3) is 0 Å². The zero-order chi connectivity index (χ0) is 9.07. The lowest BCUT2D eigenvalue weighted by Crippen LogP contribution is -2.35. The first-order valence-electron chi connectivity index (χ1n) is 4.15. The Morgan fingerprint density at radius 2 is 1.82 bits per heavy atom. The van der Waals surface area contributed by atoms with Gasteiger partial charge in [-0.1, -0.05) is 20.8 Å². The third-order valence-corrected chi connectivity index (χ3v) is 2.33. The van der Waals surface area contributed by atoms with E-state index in [1.807, 2.05) is 0 Å². The Morgan fingerprint density at radius 1 is 1.36 bits per heavy atom. The lowest BCUT2D eigenvalue weighted by Gasteiger charge is -2.33. The second-order valence-corrected chi connectivity index (χ2v) is 4.31. The summed E-state index contributed by atoms with van der Waals surface area (Å²) in [5, 5.41) is 8.96. The molecular formula is C9H21NO. The van der Waals surface area contributed by atoms with Crippen LogP contribution in [0.1, 0.15) is 20.8 Å². The molecule has 0 aliphatic rings. The highest BCUT2D eigenvalue weighted by molar-refractivity contribution is 4.76. The largest absolute Gasteiger partial charge is 0.396 e. The molecule has 0 radical (unpaired) electrons. The summed E-state index contributed by atoms with van der Waals surface area (Å²) < 4.78 is 0. The Kier molecular flexibility index (Phi) is 4.04. The van der Waals surface area contributed by atoms with E-state index < -0.39 is 0 Å². The molecule has 0 aromatic carbocycles. The number of nitrogens with zero attached hydrogens (tertiary/aromatic N) is 1. The third-order valence-electron chi connectivity index (χ3n) is 2.33. The van der Waals surface area contributed by atoms with Crippen LogP contribution in [-0.2, 0) is 0 Å². The van der Waals surface area contributed by atoms with Crippen molar-refractivity contribution in [1.82, 2.24) is 4.90 Å². The van der Waals surface area contributed by atoms with Crippen molar-refractivity contribution in [3.63, 3.8) is 0 Å². The van der Waals surface area contributed by atoms with Gasteiger partial charge in [-0.3, -0.25) is 0 Å². The average Bonchev–Trinajstić information content (AvgIpc) is 1.83. The summed E-state index contributed by atoms with van der Waals surface area (Å²) in [4.78, 5) is 2.16. The van der Waals surface area contributed by atoms with Crippen molar-refractivity contribution in [1.29, 1.82) is 0 Å². The van der Waals surface area contributed by atoms with Gasteiger partial charge in [0.2, 0.25) is 0 Å². The van der Waals surface area contributed by atoms with Crippen LogP contribution in [0.4, 0.5) is 0 Å². The molecule has 1 unspecified atom stereocenters. The monoisotopic (exact) mass is 159 g/mol. The van der Waals surface area contributed by atoms with E-state index in [2.05, 4.69) is 39.8 Å². The maximum absolute atomic E-state index is 8.96. The van der Waals surface area contributed by atoms with Crippen LogP contribution >= 0.6 is 0 Å². The fourth-order valence-corrected chi connectivity index (χ4v) is 1.22. The molecule has 0 heterocycles. The van der Waals surface area contributed by atoms with Crippen LogP contribution in [0, 0.1) is 11.3 Å². The standard InChI is InChI=1S/C9H21NO/c1-8(6-11)9(2,3)7-10(4)5/h8,11H,6-7H2,1-5H3. The van der Waals surface area contributed by atoms with Crippen LogP contribution in [-0.4, -0.2) is 37.3 Å². The molecule has 2 nitrogen and oxygen atoms in total. The maximum Gasteiger partial charge on any atom is 0.0462 e. The Bertz CT molecular complexity index is 110. The normalized spacial score (nSPS) is 15.5. The van der Waals surface area contributed by atoms with Gasteiger partial charge in [0.05, 0.1) is 0 Å². The highest BCUT2D eigenvalue weighted by Crippen LogP contribution is 2.26. The van der Waals surface area contributed by atoms with Crippen LogP contribution in [0.2, 0.25) is 0 Å². The summed E-state index contributed by atoms with van der Waals surface area (Å²) in [5.74, 6) is 0.366. The van der Waals surface area contributed by atoms with Crippen molar-refractivity contribution >= 4 is 0 Å². The van der Waals surface area contributed by atoms with E-state index in [1.54, 1.807) is 0 Å². The van der Waals surface area contributed by atoms with Gasteiger partial charge in [-0.05, 0) is 25.4 Å². The molecule has 0 aliphatic heterocycles. The van der Waals surface area contributed by atoms with E-state index in [9.17, 15) is 0 Å². The van der Waals surface area contributed by atoms with Crippen molar-refractivity contribution in [2.24, 2.45) is 11.3 Å². The second-order valence-electron chi connectivity index (χ2n) is 4.31. The molecule has 0 aliphatic carbocycles. The van der Waals surface area contributed by atoms with E-state index in [4.69, 9.17) is 5.11 Å². The summed E-state index contributed by atoms with van der Waals surface area (Å²) in [6.45, 7) is 7.76. The van der Waals surface area contributed by atoms with Gasteiger partial charge in [-0.2, -0.15) is 0 Å². The Labute approximate surface area is 70.2 Å². The zero-order valence-corrected chi connectivity index (χ0v) is 8.39. The van der Waals surface area contributed by atoms with Gasteiger partial charge < -0.3 is 10.0 Å². The Morgan fingerprint density at radius 3 is 2.09 bits per heavy atom. The Hall–Kier alpha value is -0.0800. The molecule has 0 amide bonds. The minimum Gasteiger partial charge on any atom is -0.396 e. The van der Waals surface area contributed by atoms with Crippen molar-refractivity contribution in [2.75, 3.05) is 27.2 Å². The highest BCUT2D eigenvalue weighted by atomic mass is 16.3. The molecule has 0 spiro atoms. The molecule has 0 aromatic rings. The molecule has 1 atom stereocenters. The van der Waals surface area contributed by atoms with Crippen molar-refractivity contribution in [3.8, 4) is 0 Å².